The summed E-state index contributed by atoms with van der Waals surface area (Å²) >= 11 is 0. The number of piperidine rings is 1. The van der Waals surface area contributed by atoms with Crippen LogP contribution in [0.3, 0.4) is 0 Å². The largest absolute Gasteiger partial charge is 0.380 e. The second kappa shape index (κ2) is 7.94. The van der Waals surface area contributed by atoms with Gasteiger partial charge in [-0.15, -0.1) is 0 Å². The third-order valence-electron chi connectivity index (χ3n) is 6.29. The molecule has 0 aliphatic carbocycles. The molecule has 0 saturated carbocycles. The van der Waals surface area contributed by atoms with Crippen LogP contribution in [0.1, 0.15) is 28.8 Å². The van der Waals surface area contributed by atoms with Crippen LogP contribution in [0, 0.1) is 11.8 Å². The number of benzene rings is 3. The Bertz CT molecular complexity index is 900. The summed E-state index contributed by atoms with van der Waals surface area (Å²) in [5.41, 5.74) is 3.64. The van der Waals surface area contributed by atoms with Crippen molar-refractivity contribution in [2.24, 2.45) is 11.8 Å². The first kappa shape index (κ1) is 18.3. The molecule has 146 valence electrons. The van der Waals surface area contributed by atoms with Crippen molar-refractivity contribution in [1.82, 2.24) is 4.90 Å². The highest BCUT2D eigenvalue weighted by Gasteiger charge is 2.51. The average Bonchev–Trinajstić information content (AvgIpc) is 2.77. The van der Waals surface area contributed by atoms with Crippen molar-refractivity contribution in [2.75, 3.05) is 13.2 Å². The summed E-state index contributed by atoms with van der Waals surface area (Å²) in [6, 6.07) is 31.5. The number of Topliss-reactive ketones (excluding diaryl/α,β-unsaturated/α-hetero) is 1. The van der Waals surface area contributed by atoms with E-state index in [0.717, 1.165) is 6.54 Å². The molecule has 2 aliphatic rings. The number of carbonyl (C=O) groups excluding carboxylic acids is 1. The van der Waals surface area contributed by atoms with Gasteiger partial charge in [-0.3, -0.25) is 9.69 Å². The summed E-state index contributed by atoms with van der Waals surface area (Å²) in [5, 5.41) is 0. The number of carbonyl (C=O) groups is 1. The van der Waals surface area contributed by atoms with E-state index in [0.29, 0.717) is 19.0 Å². The second-order valence-electron chi connectivity index (χ2n) is 8.02. The highest BCUT2D eigenvalue weighted by molar-refractivity contribution is 5.87. The number of hydrogen-bond acceptors (Lipinski definition) is 3. The minimum absolute atomic E-state index is 0.00524. The Labute approximate surface area is 171 Å². The molecular formula is C26H25NO2. The molecule has 3 aromatic carbocycles. The number of rotatable bonds is 4. The third kappa shape index (κ3) is 3.41. The fourth-order valence-electron chi connectivity index (χ4n) is 5.03. The van der Waals surface area contributed by atoms with Gasteiger partial charge in [0.25, 0.3) is 0 Å². The molecule has 0 radical (unpaired) electrons. The Morgan fingerprint density at radius 1 is 0.690 bits per heavy atom. The molecular weight excluding hydrogens is 358 g/mol. The topological polar surface area (TPSA) is 29.5 Å². The van der Waals surface area contributed by atoms with E-state index in [2.05, 4.69) is 83.8 Å². The number of fused-ring (bicyclic) bond motifs is 2. The van der Waals surface area contributed by atoms with E-state index in [1.54, 1.807) is 0 Å². The first-order chi connectivity index (χ1) is 14.3. The Kier molecular flexibility index (Phi) is 5.01. The molecule has 2 aliphatic heterocycles. The molecule has 3 aromatic rings. The van der Waals surface area contributed by atoms with Gasteiger partial charge in [0.1, 0.15) is 5.78 Å². The number of hydrogen-bond donors (Lipinski definition) is 0. The van der Waals surface area contributed by atoms with Crippen molar-refractivity contribution in [3.05, 3.63) is 108 Å². The fraction of sp³-hybridized carbons (Fsp3) is 0.269. The average molecular weight is 383 g/mol. The van der Waals surface area contributed by atoms with Gasteiger partial charge in [0, 0.05) is 18.6 Å². The Morgan fingerprint density at radius 2 is 1.14 bits per heavy atom. The molecule has 0 spiro atoms. The normalized spacial score (nSPS) is 27.0. The van der Waals surface area contributed by atoms with Crippen LogP contribution in [0.5, 0.6) is 0 Å². The lowest BCUT2D eigenvalue weighted by atomic mass is 9.72. The summed E-state index contributed by atoms with van der Waals surface area (Å²) in [5.74, 6) is 0.0999. The van der Waals surface area contributed by atoms with Crippen molar-refractivity contribution in [2.45, 2.75) is 18.6 Å². The molecule has 2 fully saturated rings. The van der Waals surface area contributed by atoms with Gasteiger partial charge in [-0.1, -0.05) is 91.0 Å². The minimum atomic E-state index is -0.125. The van der Waals surface area contributed by atoms with Gasteiger partial charge in [-0.2, -0.15) is 0 Å². The maximum Gasteiger partial charge on any atom is 0.147 e. The lowest BCUT2D eigenvalue weighted by Gasteiger charge is -2.52. The van der Waals surface area contributed by atoms with Crippen LogP contribution in [-0.2, 0) is 16.1 Å². The molecule has 3 heteroatoms. The van der Waals surface area contributed by atoms with E-state index in [1.165, 1.54) is 16.7 Å². The van der Waals surface area contributed by atoms with Crippen LogP contribution in [0.2, 0.25) is 0 Å². The lowest BCUT2D eigenvalue weighted by Crippen LogP contribution is -2.55. The number of nitrogens with zero attached hydrogens (tertiary/aromatic N) is 1. The monoisotopic (exact) mass is 383 g/mol. The van der Waals surface area contributed by atoms with E-state index >= 15 is 0 Å². The van der Waals surface area contributed by atoms with Gasteiger partial charge >= 0.3 is 0 Å². The SMILES string of the molecule is O=C1[C@H]2COC[C@H]1[C@@H](c1ccccc1)N(Cc1ccccc1)[C@@H]2c1ccccc1. The zero-order valence-electron chi connectivity index (χ0n) is 16.4. The maximum atomic E-state index is 13.5. The molecule has 3 nitrogen and oxygen atoms in total. The molecule has 2 saturated heterocycles. The Hall–Kier alpha value is -2.75. The van der Waals surface area contributed by atoms with Gasteiger partial charge in [0.05, 0.1) is 25.0 Å². The summed E-state index contributed by atoms with van der Waals surface area (Å²) < 4.78 is 5.96. The molecule has 4 atom stereocenters. The van der Waals surface area contributed by atoms with Crippen LogP contribution in [0.25, 0.3) is 0 Å². The zero-order chi connectivity index (χ0) is 19.6. The van der Waals surface area contributed by atoms with Crippen molar-refractivity contribution < 1.29 is 9.53 Å². The van der Waals surface area contributed by atoms with Crippen molar-refractivity contribution >= 4 is 5.78 Å². The minimum Gasteiger partial charge on any atom is -0.380 e. The van der Waals surface area contributed by atoms with Crippen LogP contribution < -0.4 is 0 Å². The smallest absolute Gasteiger partial charge is 0.147 e. The first-order valence-electron chi connectivity index (χ1n) is 10.3. The Balaban J connectivity index is 1.65. The fourth-order valence-corrected chi connectivity index (χ4v) is 5.03. The number of ketones is 1. The predicted octanol–water partition coefficient (Wildman–Crippen LogP) is 4.82. The standard InChI is InChI=1S/C26H25NO2/c28-26-22-17-29-18-23(26)25(21-14-8-3-9-15-21)27(16-19-10-4-1-5-11-19)24(22)20-12-6-2-7-13-20/h1-15,22-25H,16-18H2/t22-,23-,24+,25+/m0/s1. The summed E-state index contributed by atoms with van der Waals surface area (Å²) in [7, 11) is 0. The van der Waals surface area contributed by atoms with Gasteiger partial charge in [-0.25, -0.2) is 0 Å². The molecule has 0 aromatic heterocycles. The molecule has 29 heavy (non-hydrogen) atoms. The maximum absolute atomic E-state index is 13.5. The summed E-state index contributed by atoms with van der Waals surface area (Å²) in [6.07, 6.45) is 0. The van der Waals surface area contributed by atoms with Crippen LogP contribution >= 0.6 is 0 Å². The van der Waals surface area contributed by atoms with E-state index in [-0.39, 0.29) is 23.9 Å². The van der Waals surface area contributed by atoms with Gasteiger partial charge in [-0.05, 0) is 16.7 Å². The van der Waals surface area contributed by atoms with Crippen molar-refractivity contribution in [3.8, 4) is 0 Å². The molecule has 0 amide bonds. The quantitative estimate of drug-likeness (QED) is 0.647. The van der Waals surface area contributed by atoms with Crippen molar-refractivity contribution in [3.63, 3.8) is 0 Å². The summed E-state index contributed by atoms with van der Waals surface area (Å²) in [6.45, 7) is 1.81. The lowest BCUT2D eigenvalue weighted by molar-refractivity contribution is -0.160. The molecule has 0 N–H and O–H groups in total. The second-order valence-corrected chi connectivity index (χ2v) is 8.02. The Morgan fingerprint density at radius 3 is 1.62 bits per heavy atom. The van der Waals surface area contributed by atoms with E-state index in [1.807, 2.05) is 12.1 Å². The van der Waals surface area contributed by atoms with Crippen molar-refractivity contribution in [1.29, 1.82) is 0 Å². The third-order valence-corrected chi connectivity index (χ3v) is 6.29. The molecule has 2 bridgehead atoms. The van der Waals surface area contributed by atoms with Gasteiger partial charge in [0.15, 0.2) is 0 Å². The summed E-state index contributed by atoms with van der Waals surface area (Å²) in [4.78, 5) is 16.0. The van der Waals surface area contributed by atoms with Crippen LogP contribution in [-0.4, -0.2) is 23.9 Å². The number of ether oxygens (including phenoxy) is 1. The van der Waals surface area contributed by atoms with Crippen LogP contribution in [0.15, 0.2) is 91.0 Å². The van der Waals surface area contributed by atoms with Crippen LogP contribution in [0.4, 0.5) is 0 Å². The predicted molar refractivity (Wildman–Crippen MR) is 113 cm³/mol. The number of likely N-dealkylation sites (tertiary alicyclic amines) is 1. The van der Waals surface area contributed by atoms with E-state index < -0.39 is 0 Å². The van der Waals surface area contributed by atoms with E-state index in [9.17, 15) is 4.79 Å². The molecule has 2 heterocycles. The van der Waals surface area contributed by atoms with Gasteiger partial charge in [0.2, 0.25) is 0 Å². The van der Waals surface area contributed by atoms with Gasteiger partial charge < -0.3 is 4.74 Å². The van der Waals surface area contributed by atoms with E-state index in [4.69, 9.17) is 4.74 Å². The highest BCUT2D eigenvalue weighted by atomic mass is 16.5. The zero-order valence-corrected chi connectivity index (χ0v) is 16.4. The highest BCUT2D eigenvalue weighted by Crippen LogP contribution is 2.49. The first-order valence-corrected chi connectivity index (χ1v) is 10.3. The molecule has 5 rings (SSSR count). The molecule has 0 unspecified atom stereocenters.